The van der Waals surface area contributed by atoms with Gasteiger partial charge in [0, 0.05) is 11.7 Å². The number of aromatic nitrogens is 1. The number of pyridine rings is 1. The first-order valence-electron chi connectivity index (χ1n) is 6.51. The Labute approximate surface area is 125 Å². The SMILES string of the molecule is CC1(C)OB(c2cnc(C(F)(F)F)cc2C(=O)O)OC1(C)C. The third-order valence-corrected chi connectivity index (χ3v) is 3.96. The fourth-order valence-corrected chi connectivity index (χ4v) is 1.96. The van der Waals surface area contributed by atoms with Crippen molar-refractivity contribution in [3.05, 3.63) is 23.5 Å². The van der Waals surface area contributed by atoms with E-state index in [2.05, 4.69) is 4.98 Å². The number of carboxylic acid groups (broad SMARTS) is 1. The largest absolute Gasteiger partial charge is 0.497 e. The molecule has 1 aliphatic rings. The normalized spacial score (nSPS) is 20.2. The Balaban J connectivity index is 2.47. The Morgan fingerprint density at radius 2 is 1.73 bits per heavy atom. The number of rotatable bonds is 2. The molecule has 0 amide bonds. The lowest BCUT2D eigenvalue weighted by atomic mass is 9.77. The maximum atomic E-state index is 12.7. The fraction of sp³-hybridized carbons (Fsp3) is 0.538. The number of carbonyl (C=O) groups is 1. The van der Waals surface area contributed by atoms with Gasteiger partial charge >= 0.3 is 19.3 Å². The van der Waals surface area contributed by atoms with Crippen molar-refractivity contribution in [3.63, 3.8) is 0 Å². The molecule has 1 aliphatic heterocycles. The van der Waals surface area contributed by atoms with E-state index in [0.717, 1.165) is 6.20 Å². The van der Waals surface area contributed by atoms with Crippen LogP contribution in [-0.4, -0.2) is 34.4 Å². The zero-order valence-electron chi connectivity index (χ0n) is 12.5. The number of carboxylic acids is 1. The van der Waals surface area contributed by atoms with Crippen molar-refractivity contribution in [2.24, 2.45) is 0 Å². The summed E-state index contributed by atoms with van der Waals surface area (Å²) in [6.07, 6.45) is -3.88. The monoisotopic (exact) mass is 317 g/mol. The standard InChI is InChI=1S/C13H15BF3NO4/c1-11(2)12(3,4)22-14(21-11)8-6-18-9(13(15,16)17)5-7(8)10(19)20/h5-6H,1-4H3,(H,19,20). The smallest absolute Gasteiger partial charge is 0.478 e. The summed E-state index contributed by atoms with van der Waals surface area (Å²) in [4.78, 5) is 14.6. The molecule has 2 heterocycles. The maximum Gasteiger partial charge on any atom is 0.497 e. The highest BCUT2D eigenvalue weighted by molar-refractivity contribution is 6.63. The summed E-state index contributed by atoms with van der Waals surface area (Å²) in [5.41, 5.74) is -3.34. The molecule has 9 heteroatoms. The highest BCUT2D eigenvalue weighted by Gasteiger charge is 2.53. The summed E-state index contributed by atoms with van der Waals surface area (Å²) in [5.74, 6) is -1.50. The van der Waals surface area contributed by atoms with Gasteiger partial charge in [-0.05, 0) is 33.8 Å². The van der Waals surface area contributed by atoms with Crippen LogP contribution in [0.4, 0.5) is 13.2 Å². The van der Waals surface area contributed by atoms with Crippen molar-refractivity contribution in [1.29, 1.82) is 0 Å². The number of hydrogen-bond donors (Lipinski definition) is 1. The maximum absolute atomic E-state index is 12.7. The van der Waals surface area contributed by atoms with Crippen molar-refractivity contribution in [1.82, 2.24) is 4.98 Å². The van der Waals surface area contributed by atoms with Gasteiger partial charge in [0.05, 0.1) is 16.8 Å². The molecule has 0 aromatic carbocycles. The highest BCUT2D eigenvalue weighted by Crippen LogP contribution is 2.37. The average Bonchev–Trinajstić information content (AvgIpc) is 2.56. The summed E-state index contributed by atoms with van der Waals surface area (Å²) < 4.78 is 49.3. The molecule has 0 radical (unpaired) electrons. The molecule has 0 unspecified atom stereocenters. The van der Waals surface area contributed by atoms with E-state index in [4.69, 9.17) is 9.31 Å². The van der Waals surface area contributed by atoms with E-state index in [0.29, 0.717) is 6.07 Å². The van der Waals surface area contributed by atoms with Gasteiger partial charge in [0.15, 0.2) is 0 Å². The molecule has 1 aromatic rings. The van der Waals surface area contributed by atoms with E-state index in [1.165, 1.54) is 0 Å². The molecule has 1 saturated heterocycles. The number of halogens is 3. The van der Waals surface area contributed by atoms with E-state index in [1.54, 1.807) is 27.7 Å². The van der Waals surface area contributed by atoms with Gasteiger partial charge in [0.25, 0.3) is 0 Å². The van der Waals surface area contributed by atoms with E-state index in [-0.39, 0.29) is 5.46 Å². The number of alkyl halides is 3. The zero-order valence-corrected chi connectivity index (χ0v) is 12.5. The van der Waals surface area contributed by atoms with Crippen molar-refractivity contribution >= 4 is 18.6 Å². The molecule has 5 nitrogen and oxygen atoms in total. The number of aromatic carboxylic acids is 1. The molecule has 2 rings (SSSR count). The van der Waals surface area contributed by atoms with Crippen molar-refractivity contribution in [3.8, 4) is 0 Å². The first kappa shape index (κ1) is 16.8. The number of nitrogens with zero attached hydrogens (tertiary/aromatic N) is 1. The predicted molar refractivity (Wildman–Crippen MR) is 71.9 cm³/mol. The molecular weight excluding hydrogens is 302 g/mol. The zero-order chi connectivity index (χ0) is 16.9. The molecule has 1 N–H and O–H groups in total. The Morgan fingerprint density at radius 1 is 1.23 bits per heavy atom. The molecule has 22 heavy (non-hydrogen) atoms. The van der Waals surface area contributed by atoms with Gasteiger partial charge < -0.3 is 14.4 Å². The highest BCUT2D eigenvalue weighted by atomic mass is 19.4. The van der Waals surface area contributed by atoms with Crippen LogP contribution >= 0.6 is 0 Å². The van der Waals surface area contributed by atoms with E-state index < -0.39 is 41.7 Å². The summed E-state index contributed by atoms with van der Waals surface area (Å²) in [7, 11) is -1.09. The van der Waals surface area contributed by atoms with Crippen molar-refractivity contribution in [2.45, 2.75) is 45.1 Å². The van der Waals surface area contributed by atoms with Crippen LogP contribution in [-0.2, 0) is 15.5 Å². The Kier molecular flexibility index (Phi) is 3.77. The average molecular weight is 317 g/mol. The van der Waals surface area contributed by atoms with Gasteiger partial charge in [0.1, 0.15) is 5.69 Å². The van der Waals surface area contributed by atoms with Crippen LogP contribution in [0.15, 0.2) is 12.3 Å². The van der Waals surface area contributed by atoms with Gasteiger partial charge in [-0.3, -0.25) is 4.98 Å². The van der Waals surface area contributed by atoms with Gasteiger partial charge in [0.2, 0.25) is 0 Å². The number of hydrogen-bond acceptors (Lipinski definition) is 4. The minimum absolute atomic E-state index is 0.0425. The Bertz CT molecular complexity index is 600. The summed E-state index contributed by atoms with van der Waals surface area (Å²) in [5, 5.41) is 9.17. The van der Waals surface area contributed by atoms with Crippen LogP contribution < -0.4 is 5.46 Å². The molecule has 1 aromatic heterocycles. The predicted octanol–water partition coefficient (Wildman–Crippen LogP) is 2.10. The minimum atomic E-state index is -4.72. The second-order valence-corrected chi connectivity index (χ2v) is 6.05. The quantitative estimate of drug-likeness (QED) is 0.846. The van der Waals surface area contributed by atoms with Gasteiger partial charge in [-0.1, -0.05) is 0 Å². The second-order valence-electron chi connectivity index (χ2n) is 6.05. The summed E-state index contributed by atoms with van der Waals surface area (Å²) in [6, 6.07) is 0.489. The van der Waals surface area contributed by atoms with Crippen LogP contribution in [0.3, 0.4) is 0 Å². The molecule has 120 valence electrons. The topological polar surface area (TPSA) is 68.7 Å². The second kappa shape index (κ2) is 4.95. The fourth-order valence-electron chi connectivity index (χ4n) is 1.96. The molecule has 0 spiro atoms. The first-order valence-corrected chi connectivity index (χ1v) is 6.51. The van der Waals surface area contributed by atoms with Gasteiger partial charge in [-0.25, -0.2) is 4.79 Å². The lowest BCUT2D eigenvalue weighted by molar-refractivity contribution is -0.141. The van der Waals surface area contributed by atoms with Gasteiger partial charge in [-0.15, -0.1) is 0 Å². The van der Waals surface area contributed by atoms with Crippen LogP contribution in [0.2, 0.25) is 0 Å². The van der Waals surface area contributed by atoms with Crippen LogP contribution in [0.1, 0.15) is 43.7 Å². The van der Waals surface area contributed by atoms with Crippen molar-refractivity contribution in [2.75, 3.05) is 0 Å². The van der Waals surface area contributed by atoms with Gasteiger partial charge in [-0.2, -0.15) is 13.2 Å². The third-order valence-electron chi connectivity index (χ3n) is 3.96. The molecular formula is C13H15BF3NO4. The van der Waals surface area contributed by atoms with E-state index in [1.807, 2.05) is 0 Å². The molecule has 0 aliphatic carbocycles. The Hall–Kier alpha value is -1.61. The molecule has 0 saturated carbocycles. The van der Waals surface area contributed by atoms with E-state index >= 15 is 0 Å². The lowest BCUT2D eigenvalue weighted by Crippen LogP contribution is -2.41. The summed E-state index contributed by atoms with van der Waals surface area (Å²) >= 11 is 0. The minimum Gasteiger partial charge on any atom is -0.478 e. The third kappa shape index (κ3) is 2.82. The van der Waals surface area contributed by atoms with Crippen LogP contribution in [0, 0.1) is 0 Å². The Morgan fingerprint density at radius 3 is 2.14 bits per heavy atom. The molecule has 0 bridgehead atoms. The lowest BCUT2D eigenvalue weighted by Gasteiger charge is -2.32. The molecule has 1 fully saturated rings. The molecule has 0 atom stereocenters. The van der Waals surface area contributed by atoms with Crippen LogP contribution in [0.5, 0.6) is 0 Å². The first-order chi connectivity index (χ1) is 9.85. The van der Waals surface area contributed by atoms with Crippen molar-refractivity contribution < 1.29 is 32.4 Å². The van der Waals surface area contributed by atoms with E-state index in [9.17, 15) is 23.1 Å². The van der Waals surface area contributed by atoms with Crippen LogP contribution in [0.25, 0.3) is 0 Å². The summed E-state index contributed by atoms with van der Waals surface area (Å²) in [6.45, 7) is 7.02.